The van der Waals surface area contributed by atoms with Crippen LogP contribution in [0, 0.1) is 0 Å². The molecule has 8 heteroatoms. The van der Waals surface area contributed by atoms with Crippen LogP contribution in [0.3, 0.4) is 0 Å². The maximum atomic E-state index is 12.3. The van der Waals surface area contributed by atoms with E-state index in [0.29, 0.717) is 23.7 Å². The second kappa shape index (κ2) is 8.75. The second-order valence-corrected chi connectivity index (χ2v) is 6.92. The molecule has 0 aliphatic rings. The standard InChI is InChI=1S/C22H19ClN6O/c1-24-22-28-18-5-3-2-4-17(18)20(29-22)26-13-14-6-8-16(9-7-14)27-21(30)15-10-11-25-19(23)12-15/h2-12H,13H2,1H3,(H,27,30)(H2,24,26,28,29). The molecule has 0 atom stereocenters. The number of halogens is 1. The highest BCUT2D eigenvalue weighted by molar-refractivity contribution is 6.29. The summed E-state index contributed by atoms with van der Waals surface area (Å²) >= 11 is 5.84. The third-order valence-corrected chi connectivity index (χ3v) is 4.69. The number of carbonyl (C=O) groups excluding carboxylic acids is 1. The minimum Gasteiger partial charge on any atom is -0.365 e. The smallest absolute Gasteiger partial charge is 0.255 e. The molecule has 0 aliphatic carbocycles. The van der Waals surface area contributed by atoms with E-state index in [1.165, 1.54) is 12.3 Å². The van der Waals surface area contributed by atoms with Crippen molar-refractivity contribution in [2.45, 2.75) is 6.54 Å². The van der Waals surface area contributed by atoms with Crippen molar-refractivity contribution < 1.29 is 4.79 Å². The predicted octanol–water partition coefficient (Wildman–Crippen LogP) is 4.58. The van der Waals surface area contributed by atoms with Crippen LogP contribution in [-0.2, 0) is 6.54 Å². The van der Waals surface area contributed by atoms with Gasteiger partial charge in [0.05, 0.1) is 5.52 Å². The largest absolute Gasteiger partial charge is 0.365 e. The number of anilines is 3. The monoisotopic (exact) mass is 418 g/mol. The average molecular weight is 419 g/mol. The van der Waals surface area contributed by atoms with Crippen LogP contribution >= 0.6 is 11.6 Å². The molecular formula is C22H19ClN6O. The normalized spacial score (nSPS) is 10.6. The average Bonchev–Trinajstić information content (AvgIpc) is 2.78. The number of hydrogen-bond donors (Lipinski definition) is 3. The third kappa shape index (κ3) is 4.47. The number of pyridine rings is 1. The number of nitrogens with zero attached hydrogens (tertiary/aromatic N) is 3. The van der Waals surface area contributed by atoms with Crippen LogP contribution in [0.2, 0.25) is 5.15 Å². The van der Waals surface area contributed by atoms with Crippen LogP contribution in [0.1, 0.15) is 15.9 Å². The van der Waals surface area contributed by atoms with Gasteiger partial charge in [-0.05, 0) is 42.0 Å². The Balaban J connectivity index is 1.44. The fraction of sp³-hybridized carbons (Fsp3) is 0.0909. The number of benzene rings is 2. The SMILES string of the molecule is CNc1nc(NCc2ccc(NC(=O)c3ccnc(Cl)c3)cc2)c2ccccc2n1. The molecule has 0 saturated carbocycles. The zero-order valence-corrected chi connectivity index (χ0v) is 16.9. The molecule has 2 aromatic heterocycles. The van der Waals surface area contributed by atoms with Crippen molar-refractivity contribution in [2.75, 3.05) is 23.0 Å². The molecule has 4 aromatic rings. The van der Waals surface area contributed by atoms with E-state index in [1.54, 1.807) is 13.1 Å². The van der Waals surface area contributed by atoms with Gasteiger partial charge in [0, 0.05) is 36.4 Å². The molecular weight excluding hydrogens is 400 g/mol. The molecule has 0 spiro atoms. The number of carbonyl (C=O) groups is 1. The molecule has 2 aromatic carbocycles. The molecule has 2 heterocycles. The maximum absolute atomic E-state index is 12.3. The van der Waals surface area contributed by atoms with E-state index in [4.69, 9.17) is 11.6 Å². The van der Waals surface area contributed by atoms with Gasteiger partial charge in [-0.1, -0.05) is 35.9 Å². The van der Waals surface area contributed by atoms with Crippen molar-refractivity contribution >= 4 is 45.9 Å². The topological polar surface area (TPSA) is 91.8 Å². The molecule has 30 heavy (non-hydrogen) atoms. The van der Waals surface area contributed by atoms with Crippen molar-refractivity contribution in [1.29, 1.82) is 0 Å². The lowest BCUT2D eigenvalue weighted by Crippen LogP contribution is -2.12. The zero-order chi connectivity index (χ0) is 20.9. The van der Waals surface area contributed by atoms with Gasteiger partial charge in [0.1, 0.15) is 11.0 Å². The van der Waals surface area contributed by atoms with Gasteiger partial charge >= 0.3 is 0 Å². The summed E-state index contributed by atoms with van der Waals surface area (Å²) in [5.41, 5.74) is 3.07. The molecule has 0 fully saturated rings. The number of amides is 1. The fourth-order valence-corrected chi connectivity index (χ4v) is 3.14. The van der Waals surface area contributed by atoms with Crippen LogP contribution in [-0.4, -0.2) is 27.9 Å². The van der Waals surface area contributed by atoms with Gasteiger partial charge in [0.2, 0.25) is 5.95 Å². The molecule has 1 amide bonds. The van der Waals surface area contributed by atoms with E-state index in [0.717, 1.165) is 22.3 Å². The lowest BCUT2D eigenvalue weighted by molar-refractivity contribution is 0.102. The molecule has 0 unspecified atom stereocenters. The Morgan fingerprint density at radius 3 is 2.60 bits per heavy atom. The Labute approximate surface area is 178 Å². The summed E-state index contributed by atoms with van der Waals surface area (Å²) < 4.78 is 0. The van der Waals surface area contributed by atoms with Gasteiger partial charge in [-0.2, -0.15) is 4.98 Å². The van der Waals surface area contributed by atoms with Crippen LogP contribution in [0.25, 0.3) is 10.9 Å². The van der Waals surface area contributed by atoms with Crippen LogP contribution in [0.5, 0.6) is 0 Å². The fourth-order valence-electron chi connectivity index (χ4n) is 2.96. The van der Waals surface area contributed by atoms with Crippen molar-refractivity contribution in [2.24, 2.45) is 0 Å². The van der Waals surface area contributed by atoms with Crippen LogP contribution in [0.15, 0.2) is 66.9 Å². The first-order valence-corrected chi connectivity index (χ1v) is 9.70. The minimum atomic E-state index is -0.239. The van der Waals surface area contributed by atoms with Gasteiger partial charge in [0.15, 0.2) is 0 Å². The van der Waals surface area contributed by atoms with Gasteiger partial charge in [0.25, 0.3) is 5.91 Å². The summed E-state index contributed by atoms with van der Waals surface area (Å²) in [5, 5.41) is 10.4. The first-order chi connectivity index (χ1) is 14.6. The quantitative estimate of drug-likeness (QED) is 0.397. The second-order valence-electron chi connectivity index (χ2n) is 6.53. The molecule has 3 N–H and O–H groups in total. The van der Waals surface area contributed by atoms with Crippen molar-refractivity contribution in [1.82, 2.24) is 15.0 Å². The van der Waals surface area contributed by atoms with E-state index in [9.17, 15) is 4.79 Å². The summed E-state index contributed by atoms with van der Waals surface area (Å²) in [6, 6.07) is 18.6. The molecule has 0 bridgehead atoms. The number of nitrogens with one attached hydrogen (secondary N) is 3. The number of para-hydroxylation sites is 1. The Morgan fingerprint density at radius 1 is 1.03 bits per heavy atom. The number of hydrogen-bond acceptors (Lipinski definition) is 6. The van der Waals surface area contributed by atoms with Crippen molar-refractivity contribution in [3.63, 3.8) is 0 Å². The van der Waals surface area contributed by atoms with E-state index in [1.807, 2.05) is 48.5 Å². The summed E-state index contributed by atoms with van der Waals surface area (Å²) in [6.45, 7) is 0.582. The number of rotatable bonds is 6. The summed E-state index contributed by atoms with van der Waals surface area (Å²) in [6.07, 6.45) is 1.50. The Kier molecular flexibility index (Phi) is 5.72. The van der Waals surface area contributed by atoms with Crippen molar-refractivity contribution in [3.05, 3.63) is 83.1 Å². The summed E-state index contributed by atoms with van der Waals surface area (Å²) in [7, 11) is 1.79. The van der Waals surface area contributed by atoms with E-state index >= 15 is 0 Å². The van der Waals surface area contributed by atoms with E-state index in [2.05, 4.69) is 30.9 Å². The Bertz CT molecular complexity index is 1200. The predicted molar refractivity (Wildman–Crippen MR) is 120 cm³/mol. The van der Waals surface area contributed by atoms with Gasteiger partial charge in [-0.15, -0.1) is 0 Å². The molecule has 0 saturated heterocycles. The summed E-state index contributed by atoms with van der Waals surface area (Å²) in [5.74, 6) is 1.08. The lowest BCUT2D eigenvalue weighted by Gasteiger charge is -2.11. The number of fused-ring (bicyclic) bond motifs is 1. The highest BCUT2D eigenvalue weighted by Crippen LogP contribution is 2.22. The van der Waals surface area contributed by atoms with Crippen molar-refractivity contribution in [3.8, 4) is 0 Å². The van der Waals surface area contributed by atoms with E-state index < -0.39 is 0 Å². The molecule has 7 nitrogen and oxygen atoms in total. The van der Waals surface area contributed by atoms with Gasteiger partial charge in [-0.3, -0.25) is 4.79 Å². The van der Waals surface area contributed by atoms with E-state index in [-0.39, 0.29) is 11.1 Å². The Morgan fingerprint density at radius 2 is 1.83 bits per heavy atom. The van der Waals surface area contributed by atoms with Crippen LogP contribution < -0.4 is 16.0 Å². The Hall–Kier alpha value is -3.71. The molecule has 0 aliphatic heterocycles. The third-order valence-electron chi connectivity index (χ3n) is 4.49. The van der Waals surface area contributed by atoms with Gasteiger partial charge < -0.3 is 16.0 Å². The molecule has 0 radical (unpaired) electrons. The highest BCUT2D eigenvalue weighted by Gasteiger charge is 2.08. The lowest BCUT2D eigenvalue weighted by atomic mass is 10.2. The van der Waals surface area contributed by atoms with Gasteiger partial charge in [-0.25, -0.2) is 9.97 Å². The maximum Gasteiger partial charge on any atom is 0.255 e. The molecule has 4 rings (SSSR count). The first-order valence-electron chi connectivity index (χ1n) is 9.32. The molecule has 150 valence electrons. The first kappa shape index (κ1) is 19.6. The number of aromatic nitrogens is 3. The summed E-state index contributed by atoms with van der Waals surface area (Å²) in [4.78, 5) is 25.2. The van der Waals surface area contributed by atoms with Crippen LogP contribution in [0.4, 0.5) is 17.5 Å². The highest BCUT2D eigenvalue weighted by atomic mass is 35.5. The zero-order valence-electron chi connectivity index (χ0n) is 16.2. The minimum absolute atomic E-state index is 0.239.